The number of nitrogens with zero attached hydrogens (tertiary/aromatic N) is 1. The Balaban J connectivity index is 2.35. The first-order valence-electron chi connectivity index (χ1n) is 5.28. The molecule has 0 bridgehead atoms. The van der Waals surface area contributed by atoms with Crippen LogP contribution in [0.3, 0.4) is 0 Å². The molecule has 0 aliphatic rings. The number of hydrogen-bond donors (Lipinski definition) is 1. The van der Waals surface area contributed by atoms with E-state index in [0.29, 0.717) is 0 Å². The van der Waals surface area contributed by atoms with E-state index in [1.807, 2.05) is 13.0 Å². The van der Waals surface area contributed by atoms with Gasteiger partial charge in [-0.2, -0.15) is 0 Å². The number of hydrogen-bond acceptors (Lipinski definition) is 3. The lowest BCUT2D eigenvalue weighted by Gasteiger charge is -2.16. The van der Waals surface area contributed by atoms with E-state index >= 15 is 0 Å². The SMILES string of the molecule is CCNC(c1cncc(F)c1)c1csc(Br)c1. The predicted molar refractivity (Wildman–Crippen MR) is 71.7 cm³/mol. The molecular weight excluding hydrogens is 303 g/mol. The zero-order chi connectivity index (χ0) is 12.3. The maximum Gasteiger partial charge on any atom is 0.141 e. The van der Waals surface area contributed by atoms with Crippen molar-refractivity contribution < 1.29 is 4.39 Å². The van der Waals surface area contributed by atoms with Crippen LogP contribution in [0.1, 0.15) is 24.1 Å². The maximum atomic E-state index is 13.2. The Morgan fingerprint density at radius 1 is 1.41 bits per heavy atom. The van der Waals surface area contributed by atoms with Crippen molar-refractivity contribution in [1.29, 1.82) is 0 Å². The molecule has 2 aromatic rings. The van der Waals surface area contributed by atoms with Gasteiger partial charge < -0.3 is 5.32 Å². The summed E-state index contributed by atoms with van der Waals surface area (Å²) in [5.41, 5.74) is 1.97. The molecule has 0 amide bonds. The van der Waals surface area contributed by atoms with Crippen LogP contribution in [0.2, 0.25) is 0 Å². The van der Waals surface area contributed by atoms with Gasteiger partial charge in [0.1, 0.15) is 5.82 Å². The highest BCUT2D eigenvalue weighted by Crippen LogP contribution is 2.29. The van der Waals surface area contributed by atoms with Crippen molar-refractivity contribution in [3.63, 3.8) is 0 Å². The largest absolute Gasteiger partial charge is 0.306 e. The zero-order valence-corrected chi connectivity index (χ0v) is 11.7. The van der Waals surface area contributed by atoms with Crippen molar-refractivity contribution in [1.82, 2.24) is 10.3 Å². The lowest BCUT2D eigenvalue weighted by molar-refractivity contribution is 0.596. The Kier molecular flexibility index (Phi) is 4.25. The molecule has 0 aliphatic carbocycles. The molecule has 1 atom stereocenters. The number of thiophene rings is 1. The summed E-state index contributed by atoms with van der Waals surface area (Å²) in [4.78, 5) is 3.90. The molecule has 0 saturated carbocycles. The van der Waals surface area contributed by atoms with E-state index in [1.54, 1.807) is 17.5 Å². The number of rotatable bonds is 4. The molecule has 0 radical (unpaired) electrons. The molecule has 0 saturated heterocycles. The molecule has 90 valence electrons. The Bertz CT molecular complexity index is 501. The van der Waals surface area contributed by atoms with Gasteiger partial charge in [-0.25, -0.2) is 4.39 Å². The van der Waals surface area contributed by atoms with Gasteiger partial charge in [-0.1, -0.05) is 6.92 Å². The van der Waals surface area contributed by atoms with Crippen LogP contribution in [0.5, 0.6) is 0 Å². The second kappa shape index (κ2) is 5.71. The summed E-state index contributed by atoms with van der Waals surface area (Å²) in [6, 6.07) is 3.56. The number of pyridine rings is 1. The minimum atomic E-state index is -0.306. The second-order valence-corrected chi connectivity index (χ2v) is 5.90. The normalized spacial score (nSPS) is 12.6. The fourth-order valence-corrected chi connectivity index (χ4v) is 2.89. The monoisotopic (exact) mass is 314 g/mol. The van der Waals surface area contributed by atoms with Gasteiger partial charge in [0.05, 0.1) is 16.0 Å². The third-order valence-corrected chi connectivity index (χ3v) is 3.91. The van der Waals surface area contributed by atoms with Gasteiger partial charge in [-0.3, -0.25) is 4.98 Å². The standard InChI is InChI=1S/C12H12BrFN2S/c1-2-16-12(9-4-11(13)17-7-9)8-3-10(14)6-15-5-8/h3-7,12,16H,2H2,1H3. The van der Waals surface area contributed by atoms with Crippen LogP contribution < -0.4 is 5.32 Å². The summed E-state index contributed by atoms with van der Waals surface area (Å²) in [5.74, 6) is -0.306. The molecule has 1 N–H and O–H groups in total. The van der Waals surface area contributed by atoms with Crippen molar-refractivity contribution in [2.75, 3.05) is 6.54 Å². The molecule has 2 aromatic heterocycles. The first-order chi connectivity index (χ1) is 8.20. The summed E-state index contributed by atoms with van der Waals surface area (Å²) in [7, 11) is 0. The molecule has 0 aromatic carbocycles. The Morgan fingerprint density at radius 2 is 2.24 bits per heavy atom. The van der Waals surface area contributed by atoms with Crippen molar-refractivity contribution in [3.05, 3.63) is 50.6 Å². The first kappa shape index (κ1) is 12.7. The molecule has 17 heavy (non-hydrogen) atoms. The number of nitrogens with one attached hydrogen (secondary N) is 1. The van der Waals surface area contributed by atoms with Gasteiger partial charge in [0.25, 0.3) is 0 Å². The molecule has 0 aliphatic heterocycles. The van der Waals surface area contributed by atoms with Crippen LogP contribution in [0.15, 0.2) is 33.7 Å². The minimum absolute atomic E-state index is 0.00856. The van der Waals surface area contributed by atoms with Crippen LogP contribution in [0, 0.1) is 5.82 Å². The first-order valence-corrected chi connectivity index (χ1v) is 6.95. The average Bonchev–Trinajstić information content (AvgIpc) is 2.72. The summed E-state index contributed by atoms with van der Waals surface area (Å²) < 4.78 is 14.3. The molecule has 2 heterocycles. The second-order valence-electron chi connectivity index (χ2n) is 3.61. The zero-order valence-electron chi connectivity index (χ0n) is 9.28. The van der Waals surface area contributed by atoms with Crippen molar-refractivity contribution in [3.8, 4) is 0 Å². The third kappa shape index (κ3) is 3.12. The van der Waals surface area contributed by atoms with Gasteiger partial charge in [-0.05, 0) is 51.1 Å². The quantitative estimate of drug-likeness (QED) is 0.929. The van der Waals surface area contributed by atoms with Crippen molar-refractivity contribution in [2.24, 2.45) is 0 Å². The molecule has 5 heteroatoms. The van der Waals surface area contributed by atoms with Gasteiger partial charge >= 0.3 is 0 Å². The van der Waals surface area contributed by atoms with Gasteiger partial charge in [0.2, 0.25) is 0 Å². The molecule has 2 nitrogen and oxygen atoms in total. The van der Waals surface area contributed by atoms with Gasteiger partial charge in [-0.15, -0.1) is 11.3 Å². The summed E-state index contributed by atoms with van der Waals surface area (Å²) >= 11 is 5.06. The van der Waals surface area contributed by atoms with E-state index in [9.17, 15) is 4.39 Å². The number of halogens is 2. The van der Waals surface area contributed by atoms with E-state index < -0.39 is 0 Å². The van der Waals surface area contributed by atoms with Gasteiger partial charge in [0.15, 0.2) is 0 Å². The highest BCUT2D eigenvalue weighted by Gasteiger charge is 2.15. The van der Waals surface area contributed by atoms with Crippen LogP contribution in [0.25, 0.3) is 0 Å². The topological polar surface area (TPSA) is 24.9 Å². The van der Waals surface area contributed by atoms with Crippen molar-refractivity contribution in [2.45, 2.75) is 13.0 Å². The van der Waals surface area contributed by atoms with Crippen LogP contribution in [-0.4, -0.2) is 11.5 Å². The number of aromatic nitrogens is 1. The lowest BCUT2D eigenvalue weighted by Crippen LogP contribution is -2.21. The van der Waals surface area contributed by atoms with Crippen LogP contribution in [-0.2, 0) is 0 Å². The van der Waals surface area contributed by atoms with E-state index in [4.69, 9.17) is 0 Å². The summed E-state index contributed by atoms with van der Waals surface area (Å²) in [5, 5.41) is 5.39. The Hall–Kier alpha value is -0.780. The third-order valence-electron chi connectivity index (χ3n) is 2.39. The van der Waals surface area contributed by atoms with Crippen molar-refractivity contribution >= 4 is 27.3 Å². The molecule has 1 unspecified atom stereocenters. The van der Waals surface area contributed by atoms with Gasteiger partial charge in [0, 0.05) is 6.20 Å². The molecule has 2 rings (SSSR count). The highest BCUT2D eigenvalue weighted by atomic mass is 79.9. The summed E-state index contributed by atoms with van der Waals surface area (Å²) in [6.07, 6.45) is 2.91. The predicted octanol–water partition coefficient (Wildman–Crippen LogP) is 3.74. The smallest absolute Gasteiger partial charge is 0.141 e. The van der Waals surface area contributed by atoms with E-state index in [-0.39, 0.29) is 11.9 Å². The summed E-state index contributed by atoms with van der Waals surface area (Å²) in [6.45, 7) is 2.84. The molecular formula is C12H12BrFN2S. The maximum absolute atomic E-state index is 13.2. The minimum Gasteiger partial charge on any atom is -0.306 e. The van der Waals surface area contributed by atoms with Crippen LogP contribution >= 0.6 is 27.3 Å². The molecule has 0 spiro atoms. The average molecular weight is 315 g/mol. The lowest BCUT2D eigenvalue weighted by atomic mass is 10.0. The Labute approximate surface area is 112 Å². The van der Waals surface area contributed by atoms with E-state index in [0.717, 1.165) is 21.5 Å². The van der Waals surface area contributed by atoms with Crippen LogP contribution in [0.4, 0.5) is 4.39 Å². The van der Waals surface area contributed by atoms with E-state index in [2.05, 4.69) is 31.6 Å². The fraction of sp³-hybridized carbons (Fsp3) is 0.250. The fourth-order valence-electron chi connectivity index (χ4n) is 1.69. The molecule has 0 fully saturated rings. The Morgan fingerprint density at radius 3 is 2.82 bits per heavy atom. The van der Waals surface area contributed by atoms with E-state index in [1.165, 1.54) is 12.3 Å². The highest BCUT2D eigenvalue weighted by molar-refractivity contribution is 9.11.